The minimum atomic E-state index is 0.112. The van der Waals surface area contributed by atoms with Gasteiger partial charge >= 0.3 is 0 Å². The Bertz CT molecular complexity index is 491. The van der Waals surface area contributed by atoms with Crippen LogP contribution in [0.2, 0.25) is 0 Å². The Hall–Kier alpha value is -1.31. The van der Waals surface area contributed by atoms with Crippen LogP contribution >= 0.6 is 0 Å². The third-order valence-corrected chi connectivity index (χ3v) is 5.51. The average molecular weight is 345 g/mol. The van der Waals surface area contributed by atoms with Crippen molar-refractivity contribution in [3.05, 3.63) is 29.8 Å². The number of hydrogen-bond donors (Lipinski definition) is 0. The van der Waals surface area contributed by atoms with E-state index in [0.29, 0.717) is 11.7 Å². The predicted molar refractivity (Wildman–Crippen MR) is 105 cm³/mol. The smallest absolute Gasteiger partial charge is 0.140 e. The van der Waals surface area contributed by atoms with Crippen LogP contribution in [0.5, 0.6) is 5.75 Å². The lowest BCUT2D eigenvalue weighted by molar-refractivity contribution is -0.123. The molecular weight excluding hydrogens is 308 g/mol. The molecule has 1 aliphatic rings. The normalized spacial score (nSPS) is 20.6. The average Bonchev–Trinajstić information content (AvgIpc) is 2.63. The van der Waals surface area contributed by atoms with Crippen LogP contribution in [0.25, 0.3) is 0 Å². The molecule has 0 aliphatic heterocycles. The van der Waals surface area contributed by atoms with Gasteiger partial charge in [0, 0.05) is 12.3 Å². The maximum Gasteiger partial charge on any atom is 0.140 e. The molecule has 1 aromatic carbocycles. The van der Waals surface area contributed by atoms with E-state index < -0.39 is 0 Å². The highest BCUT2D eigenvalue weighted by Gasteiger charge is 2.29. The fourth-order valence-electron chi connectivity index (χ4n) is 3.89. The predicted octanol–water partition coefficient (Wildman–Crippen LogP) is 6.68. The molecule has 2 nitrogen and oxygen atoms in total. The first-order valence-electron chi connectivity index (χ1n) is 10.5. The Kier molecular flexibility index (Phi) is 9.07. The van der Waals surface area contributed by atoms with Crippen LogP contribution in [0, 0.1) is 5.92 Å². The molecule has 0 aromatic heterocycles. The number of carbonyl (C=O) groups is 1. The Morgan fingerprint density at radius 1 is 0.920 bits per heavy atom. The standard InChI is InChI=1S/C23H36O2/c1-3-5-7-9-17-25-21-14-12-20(13-15-21)22-16-11-19(18-23(22)24)10-8-6-4-2/h12-15,19,22H,3-11,16-18H2,1-2H3/t19-,22+/m1/s1. The van der Waals surface area contributed by atoms with Crippen molar-refractivity contribution >= 4 is 5.78 Å². The first-order valence-corrected chi connectivity index (χ1v) is 10.5. The molecule has 1 fully saturated rings. The number of hydrogen-bond acceptors (Lipinski definition) is 2. The molecule has 2 rings (SSSR count). The van der Waals surface area contributed by atoms with Gasteiger partial charge < -0.3 is 4.74 Å². The summed E-state index contributed by atoms with van der Waals surface area (Å²) < 4.78 is 5.81. The second kappa shape index (κ2) is 11.3. The van der Waals surface area contributed by atoms with Gasteiger partial charge in [0.05, 0.1) is 6.61 Å². The molecule has 2 heteroatoms. The number of rotatable bonds is 11. The number of Topliss-reactive ketones (excluding diaryl/α,β-unsaturated/α-hetero) is 1. The lowest BCUT2D eigenvalue weighted by Crippen LogP contribution is -2.23. The molecule has 2 atom stereocenters. The zero-order valence-electron chi connectivity index (χ0n) is 16.3. The molecule has 0 saturated heterocycles. The minimum Gasteiger partial charge on any atom is -0.494 e. The summed E-state index contributed by atoms with van der Waals surface area (Å²) in [5, 5.41) is 0. The summed E-state index contributed by atoms with van der Waals surface area (Å²) in [6.07, 6.45) is 13.0. The van der Waals surface area contributed by atoms with Gasteiger partial charge in [0.25, 0.3) is 0 Å². The maximum absolute atomic E-state index is 12.6. The van der Waals surface area contributed by atoms with Gasteiger partial charge in [-0.15, -0.1) is 0 Å². The fourth-order valence-corrected chi connectivity index (χ4v) is 3.89. The van der Waals surface area contributed by atoms with Gasteiger partial charge in [-0.25, -0.2) is 0 Å². The number of unbranched alkanes of at least 4 members (excludes halogenated alkanes) is 5. The molecule has 0 heterocycles. The highest BCUT2D eigenvalue weighted by atomic mass is 16.5. The van der Waals surface area contributed by atoms with Crippen LogP contribution in [0.3, 0.4) is 0 Å². The SMILES string of the molecule is CCCCCCOc1ccc([C@@H]2CC[C@@H](CCCCC)CC2=O)cc1. The third kappa shape index (κ3) is 6.84. The molecule has 0 bridgehead atoms. The molecule has 0 spiro atoms. The Morgan fingerprint density at radius 2 is 1.64 bits per heavy atom. The van der Waals surface area contributed by atoms with E-state index >= 15 is 0 Å². The topological polar surface area (TPSA) is 26.3 Å². The monoisotopic (exact) mass is 344 g/mol. The van der Waals surface area contributed by atoms with Crippen LogP contribution in [-0.4, -0.2) is 12.4 Å². The fraction of sp³-hybridized carbons (Fsp3) is 0.696. The quantitative estimate of drug-likeness (QED) is 0.419. The van der Waals surface area contributed by atoms with Crippen molar-refractivity contribution in [1.82, 2.24) is 0 Å². The van der Waals surface area contributed by atoms with Crippen molar-refractivity contribution in [2.24, 2.45) is 5.92 Å². The Balaban J connectivity index is 1.77. The van der Waals surface area contributed by atoms with Gasteiger partial charge in [-0.05, 0) is 42.9 Å². The van der Waals surface area contributed by atoms with Crippen LogP contribution in [-0.2, 0) is 4.79 Å². The molecule has 25 heavy (non-hydrogen) atoms. The molecule has 0 N–H and O–H groups in total. The van der Waals surface area contributed by atoms with E-state index in [1.54, 1.807) is 0 Å². The van der Waals surface area contributed by atoms with E-state index in [1.165, 1.54) is 56.9 Å². The molecule has 0 amide bonds. The Labute approximate surface area is 154 Å². The molecule has 140 valence electrons. The summed E-state index contributed by atoms with van der Waals surface area (Å²) in [5.41, 5.74) is 1.18. The van der Waals surface area contributed by atoms with E-state index in [0.717, 1.165) is 31.6 Å². The van der Waals surface area contributed by atoms with E-state index in [9.17, 15) is 4.79 Å². The summed E-state index contributed by atoms with van der Waals surface area (Å²) in [6, 6.07) is 8.27. The lowest BCUT2D eigenvalue weighted by Gasteiger charge is -2.27. The molecule has 1 aromatic rings. The van der Waals surface area contributed by atoms with Crippen molar-refractivity contribution in [3.8, 4) is 5.75 Å². The van der Waals surface area contributed by atoms with Gasteiger partial charge in [0.2, 0.25) is 0 Å². The zero-order chi connectivity index (χ0) is 17.9. The van der Waals surface area contributed by atoms with Crippen molar-refractivity contribution in [2.75, 3.05) is 6.61 Å². The maximum atomic E-state index is 12.6. The molecule has 0 unspecified atom stereocenters. The summed E-state index contributed by atoms with van der Waals surface area (Å²) in [4.78, 5) is 12.6. The first kappa shape index (κ1) is 20.0. The highest BCUT2D eigenvalue weighted by molar-refractivity contribution is 5.86. The lowest BCUT2D eigenvalue weighted by atomic mass is 9.76. The number of benzene rings is 1. The Morgan fingerprint density at radius 3 is 2.32 bits per heavy atom. The van der Waals surface area contributed by atoms with Crippen LogP contribution in [0.1, 0.15) is 96.0 Å². The number of carbonyl (C=O) groups excluding carboxylic acids is 1. The van der Waals surface area contributed by atoms with E-state index in [2.05, 4.69) is 26.0 Å². The third-order valence-electron chi connectivity index (χ3n) is 5.51. The summed E-state index contributed by atoms with van der Waals surface area (Å²) in [6.45, 7) is 5.25. The van der Waals surface area contributed by atoms with Crippen molar-refractivity contribution in [1.29, 1.82) is 0 Å². The van der Waals surface area contributed by atoms with Crippen molar-refractivity contribution < 1.29 is 9.53 Å². The van der Waals surface area contributed by atoms with Gasteiger partial charge in [-0.1, -0.05) is 70.9 Å². The molecule has 0 radical (unpaired) electrons. The first-order chi connectivity index (χ1) is 12.2. The van der Waals surface area contributed by atoms with Gasteiger partial charge in [-0.3, -0.25) is 4.79 Å². The number of ketones is 1. The molecular formula is C23H36O2. The van der Waals surface area contributed by atoms with Crippen molar-refractivity contribution in [2.45, 2.75) is 90.4 Å². The van der Waals surface area contributed by atoms with Crippen LogP contribution in [0.15, 0.2) is 24.3 Å². The second-order valence-corrected chi connectivity index (χ2v) is 7.64. The van der Waals surface area contributed by atoms with Gasteiger partial charge in [0.1, 0.15) is 11.5 Å². The summed E-state index contributed by atoms with van der Waals surface area (Å²) in [7, 11) is 0. The van der Waals surface area contributed by atoms with Crippen LogP contribution < -0.4 is 4.74 Å². The van der Waals surface area contributed by atoms with E-state index in [-0.39, 0.29) is 5.92 Å². The summed E-state index contributed by atoms with van der Waals surface area (Å²) in [5.74, 6) is 2.11. The summed E-state index contributed by atoms with van der Waals surface area (Å²) >= 11 is 0. The number of ether oxygens (including phenoxy) is 1. The van der Waals surface area contributed by atoms with E-state index in [4.69, 9.17) is 4.74 Å². The zero-order valence-corrected chi connectivity index (χ0v) is 16.3. The van der Waals surface area contributed by atoms with E-state index in [1.807, 2.05) is 12.1 Å². The minimum absolute atomic E-state index is 0.112. The highest BCUT2D eigenvalue weighted by Crippen LogP contribution is 2.35. The van der Waals surface area contributed by atoms with Crippen LogP contribution in [0.4, 0.5) is 0 Å². The molecule has 1 aliphatic carbocycles. The largest absolute Gasteiger partial charge is 0.494 e. The van der Waals surface area contributed by atoms with Gasteiger partial charge in [-0.2, -0.15) is 0 Å². The van der Waals surface area contributed by atoms with Gasteiger partial charge in [0.15, 0.2) is 0 Å². The molecule has 1 saturated carbocycles. The van der Waals surface area contributed by atoms with Crippen molar-refractivity contribution in [3.63, 3.8) is 0 Å². The second-order valence-electron chi connectivity index (χ2n) is 7.64.